The molecule has 4 nitrogen and oxygen atoms in total. The maximum absolute atomic E-state index is 12.1. The molecule has 0 saturated carbocycles. The molecule has 0 fully saturated rings. The van der Waals surface area contributed by atoms with Gasteiger partial charge in [-0.05, 0) is 18.1 Å². The standard InChI is InChI=1S/C13H16Cl3NO3S/c1-3-8(4-2)7-17-13(18)10-5-9(14)6-11(12(10)15)21(16,19)20/h5-6,8H,3-4,7H2,1-2H3,(H,17,18). The Kier molecular flexibility index (Phi) is 6.78. The molecule has 0 atom stereocenters. The average Bonchev–Trinajstić information content (AvgIpc) is 2.40. The lowest BCUT2D eigenvalue weighted by Gasteiger charge is -2.14. The number of rotatable bonds is 6. The minimum Gasteiger partial charge on any atom is -0.352 e. The highest BCUT2D eigenvalue weighted by atomic mass is 35.7. The van der Waals surface area contributed by atoms with Crippen LogP contribution in [0.1, 0.15) is 37.0 Å². The number of amides is 1. The van der Waals surface area contributed by atoms with Crippen molar-refractivity contribution in [2.45, 2.75) is 31.6 Å². The fourth-order valence-corrected chi connectivity index (χ4v) is 3.67. The summed E-state index contributed by atoms with van der Waals surface area (Å²) < 4.78 is 22.9. The van der Waals surface area contributed by atoms with Crippen LogP contribution in [-0.4, -0.2) is 20.9 Å². The Labute approximate surface area is 139 Å². The summed E-state index contributed by atoms with van der Waals surface area (Å²) >= 11 is 11.8. The van der Waals surface area contributed by atoms with Crippen LogP contribution in [0.2, 0.25) is 10.0 Å². The lowest BCUT2D eigenvalue weighted by atomic mass is 10.0. The third kappa shape index (κ3) is 5.02. The smallest absolute Gasteiger partial charge is 0.262 e. The third-order valence-electron chi connectivity index (χ3n) is 3.22. The number of nitrogens with one attached hydrogen (secondary N) is 1. The SMILES string of the molecule is CCC(CC)CNC(=O)c1cc(Cl)cc(S(=O)(=O)Cl)c1Cl. The van der Waals surface area contributed by atoms with Crippen molar-refractivity contribution in [3.05, 3.63) is 27.7 Å². The van der Waals surface area contributed by atoms with E-state index >= 15 is 0 Å². The van der Waals surface area contributed by atoms with E-state index in [0.717, 1.165) is 18.9 Å². The van der Waals surface area contributed by atoms with Crippen molar-refractivity contribution in [3.63, 3.8) is 0 Å². The summed E-state index contributed by atoms with van der Waals surface area (Å²) in [7, 11) is 1.21. The lowest BCUT2D eigenvalue weighted by molar-refractivity contribution is 0.0946. The van der Waals surface area contributed by atoms with Crippen LogP contribution in [-0.2, 0) is 9.05 Å². The van der Waals surface area contributed by atoms with Crippen molar-refractivity contribution >= 4 is 48.8 Å². The zero-order chi connectivity index (χ0) is 16.2. The zero-order valence-corrected chi connectivity index (χ0v) is 14.7. The van der Waals surface area contributed by atoms with E-state index < -0.39 is 15.0 Å². The van der Waals surface area contributed by atoms with Crippen molar-refractivity contribution in [3.8, 4) is 0 Å². The molecule has 1 aromatic carbocycles. The molecule has 0 saturated heterocycles. The Hall–Kier alpha value is -0.490. The van der Waals surface area contributed by atoms with Gasteiger partial charge in [0.2, 0.25) is 0 Å². The second-order valence-electron chi connectivity index (χ2n) is 4.60. The molecule has 0 heterocycles. The van der Waals surface area contributed by atoms with Crippen LogP contribution < -0.4 is 5.32 Å². The molecular weight excluding hydrogens is 357 g/mol. The van der Waals surface area contributed by atoms with Gasteiger partial charge >= 0.3 is 0 Å². The second-order valence-corrected chi connectivity index (χ2v) is 7.94. The predicted octanol–water partition coefficient (Wildman–Crippen LogP) is 4.09. The molecule has 118 valence electrons. The monoisotopic (exact) mass is 371 g/mol. The van der Waals surface area contributed by atoms with Crippen LogP contribution in [0.5, 0.6) is 0 Å². The maximum atomic E-state index is 12.1. The van der Waals surface area contributed by atoms with Crippen LogP contribution in [0.4, 0.5) is 0 Å². The first kappa shape index (κ1) is 18.6. The highest BCUT2D eigenvalue weighted by Crippen LogP contribution is 2.31. The van der Waals surface area contributed by atoms with Crippen molar-refractivity contribution in [1.82, 2.24) is 5.32 Å². The van der Waals surface area contributed by atoms with Gasteiger partial charge in [0.25, 0.3) is 15.0 Å². The Bertz CT molecular complexity index is 628. The molecule has 0 aromatic heterocycles. The number of halogens is 3. The van der Waals surface area contributed by atoms with Gasteiger partial charge in [-0.3, -0.25) is 4.79 Å². The fourth-order valence-electron chi connectivity index (χ4n) is 1.82. The van der Waals surface area contributed by atoms with Crippen LogP contribution >= 0.6 is 33.9 Å². The minimum atomic E-state index is -4.08. The van der Waals surface area contributed by atoms with Gasteiger partial charge in [0.1, 0.15) is 4.90 Å². The normalized spacial score (nSPS) is 11.7. The summed E-state index contributed by atoms with van der Waals surface area (Å²) in [6.07, 6.45) is 1.86. The number of carbonyl (C=O) groups is 1. The second kappa shape index (κ2) is 7.68. The van der Waals surface area contributed by atoms with Crippen molar-refractivity contribution in [1.29, 1.82) is 0 Å². The summed E-state index contributed by atoms with van der Waals surface area (Å²) in [6, 6.07) is 2.43. The van der Waals surface area contributed by atoms with Crippen LogP contribution in [0, 0.1) is 5.92 Å². The van der Waals surface area contributed by atoms with Gasteiger partial charge in [0.15, 0.2) is 0 Å². The quantitative estimate of drug-likeness (QED) is 0.765. The molecule has 0 spiro atoms. The van der Waals surface area contributed by atoms with Gasteiger partial charge in [0.05, 0.1) is 10.6 Å². The molecular formula is C13H16Cl3NO3S. The molecule has 0 unspecified atom stereocenters. The summed E-state index contributed by atoms with van der Waals surface area (Å²) in [6.45, 7) is 4.55. The summed E-state index contributed by atoms with van der Waals surface area (Å²) in [5.74, 6) is -0.126. The van der Waals surface area contributed by atoms with E-state index in [-0.39, 0.29) is 20.5 Å². The first-order valence-corrected chi connectivity index (χ1v) is 9.49. The van der Waals surface area contributed by atoms with Crippen molar-refractivity contribution in [2.75, 3.05) is 6.54 Å². The topological polar surface area (TPSA) is 63.2 Å². The Balaban J connectivity index is 3.08. The summed E-state index contributed by atoms with van der Waals surface area (Å²) in [5, 5.41) is 2.58. The maximum Gasteiger partial charge on any atom is 0.262 e. The van der Waals surface area contributed by atoms with Crippen LogP contribution in [0.15, 0.2) is 17.0 Å². The third-order valence-corrected chi connectivity index (χ3v) is 5.30. The lowest BCUT2D eigenvalue weighted by Crippen LogP contribution is -2.29. The highest BCUT2D eigenvalue weighted by molar-refractivity contribution is 8.13. The summed E-state index contributed by atoms with van der Waals surface area (Å²) in [4.78, 5) is 11.8. The zero-order valence-electron chi connectivity index (χ0n) is 11.6. The molecule has 1 aromatic rings. The van der Waals surface area contributed by atoms with E-state index in [1.54, 1.807) is 0 Å². The predicted molar refractivity (Wildman–Crippen MR) is 85.9 cm³/mol. The van der Waals surface area contributed by atoms with E-state index in [4.69, 9.17) is 33.9 Å². The van der Waals surface area contributed by atoms with E-state index in [1.807, 2.05) is 13.8 Å². The number of hydrogen-bond acceptors (Lipinski definition) is 3. The number of carbonyl (C=O) groups excluding carboxylic acids is 1. The molecule has 0 aliphatic carbocycles. The van der Waals surface area contributed by atoms with E-state index in [2.05, 4.69) is 5.32 Å². The van der Waals surface area contributed by atoms with Crippen molar-refractivity contribution in [2.24, 2.45) is 5.92 Å². The molecule has 0 aliphatic heterocycles. The molecule has 1 amide bonds. The fraction of sp³-hybridized carbons (Fsp3) is 0.462. The van der Waals surface area contributed by atoms with E-state index in [0.29, 0.717) is 12.5 Å². The largest absolute Gasteiger partial charge is 0.352 e. The number of benzene rings is 1. The molecule has 21 heavy (non-hydrogen) atoms. The molecule has 1 rings (SSSR count). The van der Waals surface area contributed by atoms with Crippen LogP contribution in [0.25, 0.3) is 0 Å². The molecule has 0 radical (unpaired) electrons. The van der Waals surface area contributed by atoms with Crippen LogP contribution in [0.3, 0.4) is 0 Å². The molecule has 8 heteroatoms. The first-order valence-electron chi connectivity index (χ1n) is 6.42. The van der Waals surface area contributed by atoms with Gasteiger partial charge in [0, 0.05) is 22.2 Å². The Morgan fingerprint density at radius 3 is 2.29 bits per heavy atom. The van der Waals surface area contributed by atoms with Gasteiger partial charge in [-0.2, -0.15) is 0 Å². The highest BCUT2D eigenvalue weighted by Gasteiger charge is 2.22. The van der Waals surface area contributed by atoms with Gasteiger partial charge in [-0.25, -0.2) is 8.42 Å². The number of hydrogen-bond donors (Lipinski definition) is 1. The average molecular weight is 373 g/mol. The summed E-state index contributed by atoms with van der Waals surface area (Å²) in [5.41, 5.74) is -0.00523. The van der Waals surface area contributed by atoms with Gasteiger partial charge in [-0.1, -0.05) is 49.9 Å². The molecule has 0 aliphatic rings. The first-order chi connectivity index (χ1) is 9.70. The Morgan fingerprint density at radius 1 is 1.24 bits per heavy atom. The Morgan fingerprint density at radius 2 is 1.81 bits per heavy atom. The van der Waals surface area contributed by atoms with E-state index in [1.165, 1.54) is 6.07 Å². The minimum absolute atomic E-state index is 0.00523. The molecule has 0 bridgehead atoms. The van der Waals surface area contributed by atoms with Gasteiger partial charge in [-0.15, -0.1) is 0 Å². The van der Waals surface area contributed by atoms with Gasteiger partial charge < -0.3 is 5.32 Å². The van der Waals surface area contributed by atoms with Crippen molar-refractivity contribution < 1.29 is 13.2 Å². The molecule has 1 N–H and O–H groups in total. The van der Waals surface area contributed by atoms with E-state index in [9.17, 15) is 13.2 Å².